The van der Waals surface area contributed by atoms with E-state index in [0.717, 1.165) is 65.8 Å². The molecule has 4 aliphatic heterocycles. The first-order valence-electron chi connectivity index (χ1n) is 18.4. The van der Waals surface area contributed by atoms with Crippen molar-refractivity contribution in [3.05, 3.63) is 63.6 Å². The fourth-order valence-electron chi connectivity index (χ4n) is 8.87. The number of ether oxygens (including phenoxy) is 1. The molecular formula is C38H51N7O5. The Morgan fingerprint density at radius 3 is 2.28 bits per heavy atom. The molecule has 3 fully saturated rings. The van der Waals surface area contributed by atoms with Crippen molar-refractivity contribution < 1.29 is 19.1 Å². The van der Waals surface area contributed by atoms with Crippen molar-refractivity contribution in [2.24, 2.45) is 25.9 Å². The second-order valence-corrected chi connectivity index (χ2v) is 14.8. The lowest BCUT2D eigenvalue weighted by Crippen LogP contribution is -2.52. The predicted octanol–water partition coefficient (Wildman–Crippen LogP) is 4.03. The van der Waals surface area contributed by atoms with Crippen molar-refractivity contribution in [2.45, 2.75) is 70.4 Å². The molecule has 0 spiro atoms. The van der Waals surface area contributed by atoms with Crippen LogP contribution < -0.4 is 16.3 Å². The maximum atomic E-state index is 14.2. The normalized spacial score (nSPS) is 20.4. The van der Waals surface area contributed by atoms with Gasteiger partial charge in [-0.15, -0.1) is 0 Å². The third-order valence-corrected chi connectivity index (χ3v) is 11.8. The van der Waals surface area contributed by atoms with Crippen LogP contribution in [0, 0.1) is 18.8 Å². The van der Waals surface area contributed by atoms with Crippen molar-refractivity contribution in [3.8, 4) is 0 Å². The first-order chi connectivity index (χ1) is 24.2. The molecule has 3 saturated heterocycles. The number of fused-ring (bicyclic) bond motifs is 2. The Morgan fingerprint density at radius 2 is 1.54 bits per heavy atom. The molecule has 2 N–H and O–H groups in total. The first kappa shape index (κ1) is 34.1. The van der Waals surface area contributed by atoms with Gasteiger partial charge in [-0.2, -0.15) is 0 Å². The quantitative estimate of drug-likeness (QED) is 0.405. The van der Waals surface area contributed by atoms with E-state index in [0.29, 0.717) is 57.4 Å². The average Bonchev–Trinajstić information content (AvgIpc) is 3.25. The molecule has 3 aromatic rings. The van der Waals surface area contributed by atoms with Crippen LogP contribution in [0.5, 0.6) is 0 Å². The number of carbonyl (C=O) groups excluding carboxylic acids is 3. The highest BCUT2D eigenvalue weighted by Crippen LogP contribution is 2.32. The number of hydrogen-bond donors (Lipinski definition) is 2. The molecule has 2 aromatic carbocycles. The van der Waals surface area contributed by atoms with Gasteiger partial charge in [0.15, 0.2) is 6.10 Å². The Kier molecular flexibility index (Phi) is 9.90. The van der Waals surface area contributed by atoms with Crippen molar-refractivity contribution in [2.75, 3.05) is 51.1 Å². The number of anilines is 1. The molecule has 1 aromatic heterocycles. The Bertz CT molecular complexity index is 1790. The molecule has 5 heterocycles. The van der Waals surface area contributed by atoms with Gasteiger partial charge >= 0.3 is 17.8 Å². The van der Waals surface area contributed by atoms with E-state index in [4.69, 9.17) is 4.74 Å². The largest absolute Gasteiger partial charge is 0.436 e. The molecule has 12 heteroatoms. The van der Waals surface area contributed by atoms with Crippen molar-refractivity contribution in [1.29, 1.82) is 0 Å². The number of para-hydroxylation sites is 1. The summed E-state index contributed by atoms with van der Waals surface area (Å²) < 4.78 is 9.41. The van der Waals surface area contributed by atoms with Crippen LogP contribution >= 0.6 is 0 Å². The number of urea groups is 1. The van der Waals surface area contributed by atoms with E-state index in [1.165, 1.54) is 12.8 Å². The van der Waals surface area contributed by atoms with Crippen LogP contribution in [0.4, 0.5) is 15.3 Å². The van der Waals surface area contributed by atoms with Crippen LogP contribution in [0.15, 0.2) is 41.2 Å². The summed E-state index contributed by atoms with van der Waals surface area (Å²) in [6.07, 6.45) is 5.12. The number of aryl methyl sites for hydroxylation is 3. The van der Waals surface area contributed by atoms with Crippen LogP contribution in [0.2, 0.25) is 0 Å². The number of imidazole rings is 1. The maximum Gasteiger partial charge on any atom is 0.410 e. The van der Waals surface area contributed by atoms with Gasteiger partial charge in [-0.3, -0.25) is 13.9 Å². The van der Waals surface area contributed by atoms with E-state index in [1.807, 2.05) is 53.1 Å². The van der Waals surface area contributed by atoms with Gasteiger partial charge in [0.05, 0.1) is 11.0 Å². The number of rotatable bonds is 6. The number of carbonyl (C=O) groups is 3. The Labute approximate surface area is 293 Å². The Balaban J connectivity index is 1.04. The molecule has 0 aliphatic carbocycles. The highest BCUT2D eigenvalue weighted by atomic mass is 16.6. The summed E-state index contributed by atoms with van der Waals surface area (Å²) in [6, 6.07) is 11.7. The van der Waals surface area contributed by atoms with Gasteiger partial charge in [-0.1, -0.05) is 24.3 Å². The van der Waals surface area contributed by atoms with Gasteiger partial charge in [0.25, 0.3) is 5.91 Å². The minimum Gasteiger partial charge on any atom is -0.436 e. The highest BCUT2D eigenvalue weighted by molar-refractivity contribution is 5.91. The number of nitrogens with one attached hydrogen (secondary N) is 2. The third-order valence-electron chi connectivity index (χ3n) is 11.8. The van der Waals surface area contributed by atoms with Gasteiger partial charge in [0.1, 0.15) is 0 Å². The van der Waals surface area contributed by atoms with Gasteiger partial charge in [-0.25, -0.2) is 14.4 Å². The lowest BCUT2D eigenvalue weighted by atomic mass is 9.79. The molecular weight excluding hydrogens is 634 g/mol. The number of nitrogens with zero attached hydrogens (tertiary/aromatic N) is 5. The number of aromatic nitrogens is 2. The zero-order valence-corrected chi connectivity index (χ0v) is 29.7. The van der Waals surface area contributed by atoms with Crippen LogP contribution in [0.25, 0.3) is 11.0 Å². The predicted molar refractivity (Wildman–Crippen MR) is 192 cm³/mol. The standard InChI is InChI=1S/C38H51N7O5/c1-25-22-26(23-32-34(25)42(3)37(48)41(32)2)24-33(35(46)43-17-10-28(11-18-43)27-8-15-39-16-9-27)50-38(49)44-19-13-30(14-20-44)45-21-12-29-6-4-5-7-31(29)40-36(45)47/h4-7,22-23,27-28,30,33,39H,8-21,24H2,1-3H3,(H,40,47)/t33-/m1/s1. The number of likely N-dealkylation sites (tertiary alicyclic amines) is 2. The smallest absolute Gasteiger partial charge is 0.410 e. The fourth-order valence-corrected chi connectivity index (χ4v) is 8.87. The van der Waals surface area contributed by atoms with E-state index < -0.39 is 12.2 Å². The van der Waals surface area contributed by atoms with Gasteiger partial charge in [-0.05, 0) is 106 Å². The lowest BCUT2D eigenvalue weighted by molar-refractivity contribution is -0.142. The summed E-state index contributed by atoms with van der Waals surface area (Å²) in [6.45, 7) is 6.94. The summed E-state index contributed by atoms with van der Waals surface area (Å²) in [4.78, 5) is 59.3. The minimum atomic E-state index is -0.983. The second-order valence-electron chi connectivity index (χ2n) is 14.8. The third kappa shape index (κ3) is 6.86. The molecule has 0 unspecified atom stereocenters. The van der Waals surface area contributed by atoms with E-state index >= 15 is 0 Å². The zero-order chi connectivity index (χ0) is 34.9. The molecule has 50 heavy (non-hydrogen) atoms. The highest BCUT2D eigenvalue weighted by Gasteiger charge is 2.37. The molecule has 4 aliphatic rings. The minimum absolute atomic E-state index is 0.0132. The van der Waals surface area contributed by atoms with E-state index in [-0.39, 0.29) is 30.1 Å². The molecule has 4 amide bonds. The summed E-state index contributed by atoms with van der Waals surface area (Å²) >= 11 is 0. The molecule has 268 valence electrons. The molecule has 0 radical (unpaired) electrons. The fraction of sp³-hybridized carbons (Fsp3) is 0.579. The monoisotopic (exact) mass is 685 g/mol. The molecule has 0 bridgehead atoms. The van der Waals surface area contributed by atoms with Crippen LogP contribution in [0.1, 0.15) is 55.2 Å². The topological polar surface area (TPSA) is 121 Å². The van der Waals surface area contributed by atoms with Crippen LogP contribution in [-0.2, 0) is 36.5 Å². The number of benzene rings is 2. The molecule has 0 saturated carbocycles. The van der Waals surface area contributed by atoms with E-state index in [2.05, 4.69) is 10.6 Å². The SMILES string of the molecule is Cc1cc(C[C@@H](OC(=O)N2CCC(N3CCc4ccccc4NC3=O)CC2)C(=O)N2CCC(C3CCNCC3)CC2)cc2c1n(C)c(=O)n2C. The summed E-state index contributed by atoms with van der Waals surface area (Å²) in [5, 5.41) is 6.51. The summed E-state index contributed by atoms with van der Waals surface area (Å²) in [7, 11) is 3.51. The summed E-state index contributed by atoms with van der Waals surface area (Å²) in [5.74, 6) is 1.17. The number of piperidine rings is 3. The molecule has 12 nitrogen and oxygen atoms in total. The van der Waals surface area contributed by atoms with Gasteiger partial charge in [0.2, 0.25) is 0 Å². The van der Waals surface area contributed by atoms with Crippen LogP contribution in [-0.4, -0.2) is 99.8 Å². The Morgan fingerprint density at radius 1 is 0.860 bits per heavy atom. The van der Waals surface area contributed by atoms with Gasteiger partial charge < -0.3 is 30.1 Å². The average molecular weight is 686 g/mol. The maximum absolute atomic E-state index is 14.2. The zero-order valence-electron chi connectivity index (χ0n) is 29.7. The van der Waals surface area contributed by atoms with E-state index in [9.17, 15) is 19.2 Å². The summed E-state index contributed by atoms with van der Waals surface area (Å²) in [5.41, 5.74) is 5.29. The first-order valence-corrected chi connectivity index (χ1v) is 18.4. The van der Waals surface area contributed by atoms with E-state index in [1.54, 1.807) is 28.1 Å². The van der Waals surface area contributed by atoms with Crippen molar-refractivity contribution in [3.63, 3.8) is 0 Å². The second kappa shape index (κ2) is 14.5. The number of amides is 4. The van der Waals surface area contributed by atoms with Crippen LogP contribution in [0.3, 0.4) is 0 Å². The Hall–Kier alpha value is -4.32. The van der Waals surface area contributed by atoms with Crippen molar-refractivity contribution >= 4 is 34.8 Å². The lowest BCUT2D eigenvalue weighted by Gasteiger charge is -2.39. The van der Waals surface area contributed by atoms with Gasteiger partial charge in [0, 0.05) is 65.0 Å². The number of hydrogen-bond acceptors (Lipinski definition) is 6. The molecule has 7 rings (SSSR count). The molecule has 1 atom stereocenters. The van der Waals surface area contributed by atoms with Crippen molar-refractivity contribution in [1.82, 2.24) is 29.2 Å².